The van der Waals surface area contributed by atoms with Crippen molar-refractivity contribution in [2.24, 2.45) is 0 Å². The molecule has 0 atom stereocenters. The van der Waals surface area contributed by atoms with Crippen molar-refractivity contribution in [2.75, 3.05) is 17.2 Å². The molecule has 0 fully saturated rings. The average molecular weight is 239 g/mol. The van der Waals surface area contributed by atoms with Gasteiger partial charge in [-0.3, -0.25) is 4.57 Å². The fourth-order valence-corrected chi connectivity index (χ4v) is 2.05. The smallest absolute Gasteiger partial charge is 0.206 e. The number of nitrogens with zero attached hydrogens (tertiary/aromatic N) is 2. The van der Waals surface area contributed by atoms with E-state index in [-0.39, 0.29) is 0 Å². The first-order valence-corrected chi connectivity index (χ1v) is 5.55. The van der Waals surface area contributed by atoms with Crippen molar-refractivity contribution < 1.29 is 0 Å². The molecule has 3 rings (SSSR count). The van der Waals surface area contributed by atoms with Gasteiger partial charge >= 0.3 is 0 Å². The second-order valence-corrected chi connectivity index (χ2v) is 4.11. The Balaban J connectivity index is 2.37. The van der Waals surface area contributed by atoms with Crippen LogP contribution < -0.4 is 17.2 Å². The molecular formula is C13H13N5. The van der Waals surface area contributed by atoms with E-state index < -0.39 is 0 Å². The van der Waals surface area contributed by atoms with Crippen LogP contribution in [0.25, 0.3) is 16.7 Å². The van der Waals surface area contributed by atoms with Gasteiger partial charge in [-0.15, -0.1) is 0 Å². The average Bonchev–Trinajstić information content (AvgIpc) is 2.68. The van der Waals surface area contributed by atoms with E-state index in [0.717, 1.165) is 16.7 Å². The maximum Gasteiger partial charge on any atom is 0.206 e. The minimum absolute atomic E-state index is 0.397. The van der Waals surface area contributed by atoms with Gasteiger partial charge in [-0.2, -0.15) is 0 Å². The molecule has 0 bridgehead atoms. The summed E-state index contributed by atoms with van der Waals surface area (Å²) in [4.78, 5) is 4.30. The summed E-state index contributed by atoms with van der Waals surface area (Å²) in [7, 11) is 0. The molecule has 90 valence electrons. The van der Waals surface area contributed by atoms with Crippen LogP contribution in [0.3, 0.4) is 0 Å². The molecule has 5 nitrogen and oxygen atoms in total. The second kappa shape index (κ2) is 3.66. The minimum atomic E-state index is 0.397. The number of nitrogen functional groups attached to an aromatic ring is 3. The first-order chi connectivity index (χ1) is 8.66. The minimum Gasteiger partial charge on any atom is -0.399 e. The highest BCUT2D eigenvalue weighted by Crippen LogP contribution is 2.27. The molecule has 0 unspecified atom stereocenters. The Morgan fingerprint density at radius 3 is 2.56 bits per heavy atom. The van der Waals surface area contributed by atoms with Crippen LogP contribution in [0, 0.1) is 0 Å². The summed E-state index contributed by atoms with van der Waals surface area (Å²) in [5.74, 6) is 0.397. The fourth-order valence-electron chi connectivity index (χ4n) is 2.05. The molecule has 0 aliphatic carbocycles. The van der Waals surface area contributed by atoms with E-state index in [0.29, 0.717) is 17.3 Å². The van der Waals surface area contributed by atoms with E-state index in [1.807, 2.05) is 24.3 Å². The van der Waals surface area contributed by atoms with Crippen LogP contribution in [0.2, 0.25) is 0 Å². The van der Waals surface area contributed by atoms with Gasteiger partial charge in [0.2, 0.25) is 5.95 Å². The Morgan fingerprint density at radius 1 is 0.944 bits per heavy atom. The van der Waals surface area contributed by atoms with Crippen LogP contribution in [-0.2, 0) is 0 Å². The second-order valence-electron chi connectivity index (χ2n) is 4.11. The Labute approximate surface area is 104 Å². The molecular weight excluding hydrogens is 226 g/mol. The largest absolute Gasteiger partial charge is 0.399 e. The fraction of sp³-hybridized carbons (Fsp3) is 0. The number of anilines is 3. The summed E-state index contributed by atoms with van der Waals surface area (Å²) in [6, 6.07) is 13.0. The van der Waals surface area contributed by atoms with Gasteiger partial charge in [-0.1, -0.05) is 12.1 Å². The number of hydrogen-bond acceptors (Lipinski definition) is 4. The summed E-state index contributed by atoms with van der Waals surface area (Å²) < 4.78 is 1.81. The molecule has 0 spiro atoms. The molecule has 6 N–H and O–H groups in total. The van der Waals surface area contributed by atoms with Crippen molar-refractivity contribution in [1.82, 2.24) is 9.55 Å². The summed E-state index contributed by atoms with van der Waals surface area (Å²) in [5.41, 5.74) is 21.5. The lowest BCUT2D eigenvalue weighted by molar-refractivity contribution is 1.11. The number of rotatable bonds is 1. The molecule has 0 aliphatic rings. The highest BCUT2D eigenvalue weighted by Gasteiger charge is 2.11. The molecule has 0 amide bonds. The summed E-state index contributed by atoms with van der Waals surface area (Å²) in [6.45, 7) is 0. The number of aromatic nitrogens is 2. The Hall–Kier alpha value is -2.69. The van der Waals surface area contributed by atoms with Gasteiger partial charge in [-0.25, -0.2) is 4.98 Å². The van der Waals surface area contributed by atoms with Gasteiger partial charge in [0.1, 0.15) is 0 Å². The summed E-state index contributed by atoms with van der Waals surface area (Å²) in [6.07, 6.45) is 0. The van der Waals surface area contributed by atoms with Crippen LogP contribution in [-0.4, -0.2) is 9.55 Å². The third-order valence-corrected chi connectivity index (χ3v) is 2.88. The highest BCUT2D eigenvalue weighted by molar-refractivity contribution is 5.83. The summed E-state index contributed by atoms with van der Waals surface area (Å²) in [5, 5.41) is 0. The van der Waals surface area contributed by atoms with E-state index in [4.69, 9.17) is 17.2 Å². The van der Waals surface area contributed by atoms with Crippen LogP contribution in [0.15, 0.2) is 42.5 Å². The van der Waals surface area contributed by atoms with Crippen LogP contribution in [0.1, 0.15) is 0 Å². The van der Waals surface area contributed by atoms with Crippen molar-refractivity contribution in [3.8, 4) is 5.69 Å². The third kappa shape index (κ3) is 1.45. The Bertz CT molecular complexity index is 729. The zero-order valence-corrected chi connectivity index (χ0v) is 9.67. The van der Waals surface area contributed by atoms with Gasteiger partial charge in [0.15, 0.2) is 0 Å². The number of fused-ring (bicyclic) bond motifs is 1. The molecule has 1 aromatic heterocycles. The van der Waals surface area contributed by atoms with Gasteiger partial charge in [0, 0.05) is 5.69 Å². The number of nitrogens with two attached hydrogens (primary N) is 3. The molecule has 5 heteroatoms. The molecule has 3 aromatic rings. The molecule has 1 heterocycles. The zero-order valence-electron chi connectivity index (χ0n) is 9.67. The van der Waals surface area contributed by atoms with E-state index in [9.17, 15) is 0 Å². The quantitative estimate of drug-likeness (QED) is 0.564. The molecule has 0 aliphatic heterocycles. The normalized spacial score (nSPS) is 10.9. The van der Waals surface area contributed by atoms with Gasteiger partial charge in [0.25, 0.3) is 0 Å². The van der Waals surface area contributed by atoms with Crippen LogP contribution >= 0.6 is 0 Å². The van der Waals surface area contributed by atoms with Gasteiger partial charge in [0.05, 0.1) is 22.4 Å². The molecule has 2 aromatic carbocycles. The first-order valence-electron chi connectivity index (χ1n) is 5.55. The first kappa shape index (κ1) is 10.5. The molecule has 0 radical (unpaired) electrons. The topological polar surface area (TPSA) is 95.9 Å². The highest BCUT2D eigenvalue weighted by atomic mass is 15.2. The lowest BCUT2D eigenvalue weighted by atomic mass is 10.2. The molecule has 0 saturated carbocycles. The molecule has 0 saturated heterocycles. The van der Waals surface area contributed by atoms with Crippen molar-refractivity contribution in [3.63, 3.8) is 0 Å². The predicted molar refractivity (Wildman–Crippen MR) is 74.3 cm³/mol. The maximum atomic E-state index is 5.98. The predicted octanol–water partition coefficient (Wildman–Crippen LogP) is 1.77. The van der Waals surface area contributed by atoms with Gasteiger partial charge < -0.3 is 17.2 Å². The van der Waals surface area contributed by atoms with Crippen molar-refractivity contribution in [3.05, 3.63) is 42.5 Å². The van der Waals surface area contributed by atoms with E-state index in [1.165, 1.54) is 0 Å². The molecule has 18 heavy (non-hydrogen) atoms. The number of imidazole rings is 1. The van der Waals surface area contributed by atoms with Crippen molar-refractivity contribution >= 4 is 28.4 Å². The lowest BCUT2D eigenvalue weighted by Crippen LogP contribution is -2.04. The maximum absolute atomic E-state index is 5.98. The number of benzene rings is 2. The van der Waals surface area contributed by atoms with Gasteiger partial charge in [-0.05, 0) is 30.3 Å². The van der Waals surface area contributed by atoms with E-state index in [1.54, 1.807) is 22.8 Å². The van der Waals surface area contributed by atoms with Crippen molar-refractivity contribution in [1.29, 1.82) is 0 Å². The number of hydrogen-bond donors (Lipinski definition) is 3. The Kier molecular flexibility index (Phi) is 2.13. The monoisotopic (exact) mass is 239 g/mol. The van der Waals surface area contributed by atoms with Crippen LogP contribution in [0.4, 0.5) is 17.3 Å². The summed E-state index contributed by atoms with van der Waals surface area (Å²) >= 11 is 0. The van der Waals surface area contributed by atoms with E-state index in [2.05, 4.69) is 4.98 Å². The lowest BCUT2D eigenvalue weighted by Gasteiger charge is -2.10. The van der Waals surface area contributed by atoms with E-state index >= 15 is 0 Å². The van der Waals surface area contributed by atoms with Crippen LogP contribution in [0.5, 0.6) is 0 Å². The standard InChI is InChI=1S/C13H13N5/c14-8-5-6-9(15)12(7-8)18-11-4-2-1-3-10(11)17-13(18)16/h1-7H,14-15H2,(H2,16,17). The Morgan fingerprint density at radius 2 is 1.72 bits per heavy atom. The third-order valence-electron chi connectivity index (χ3n) is 2.88. The SMILES string of the molecule is Nc1ccc(N)c(-n2c(N)nc3ccccc32)c1. The van der Waals surface area contributed by atoms with Crippen molar-refractivity contribution in [2.45, 2.75) is 0 Å². The zero-order chi connectivity index (χ0) is 12.7. The number of para-hydroxylation sites is 2.